The van der Waals surface area contributed by atoms with Crippen molar-refractivity contribution in [3.05, 3.63) is 77.3 Å². The zero-order chi connectivity index (χ0) is 21.3. The molecule has 1 aromatic heterocycles. The number of nitrogens with zero attached hydrogens (tertiary/aromatic N) is 2. The second-order valence-corrected chi connectivity index (χ2v) is 8.11. The van der Waals surface area contributed by atoms with Crippen molar-refractivity contribution in [2.24, 2.45) is 0 Å². The number of benzene rings is 1. The van der Waals surface area contributed by atoms with Gasteiger partial charge >= 0.3 is 5.97 Å². The number of carboxylic acid groups (broad SMARTS) is 1. The molecule has 3 atom stereocenters. The molecule has 8 nitrogen and oxygen atoms in total. The molecule has 0 radical (unpaired) electrons. The lowest BCUT2D eigenvalue weighted by molar-refractivity contribution is -0.151. The summed E-state index contributed by atoms with van der Waals surface area (Å²) in [5.74, 6) is -1.95. The van der Waals surface area contributed by atoms with E-state index in [0.717, 1.165) is 5.56 Å². The van der Waals surface area contributed by atoms with Gasteiger partial charge in [0, 0.05) is 18.1 Å². The Morgan fingerprint density at radius 1 is 1.23 bits per heavy atom. The molecular weight excluding hydrogens is 406 g/mol. The normalized spacial score (nSPS) is 21.5. The Labute approximate surface area is 176 Å². The van der Waals surface area contributed by atoms with Crippen LogP contribution in [-0.2, 0) is 20.8 Å². The molecule has 0 unspecified atom stereocenters. The number of aliphatic carboxylic acids is 1. The summed E-state index contributed by atoms with van der Waals surface area (Å²) in [5, 5.41) is 22.0. The molecule has 30 heavy (non-hydrogen) atoms. The summed E-state index contributed by atoms with van der Waals surface area (Å²) in [5.41, 5.74) is 1.86. The molecule has 1 saturated heterocycles. The average Bonchev–Trinajstić information content (AvgIpc) is 2.77. The van der Waals surface area contributed by atoms with Crippen LogP contribution in [0.2, 0.25) is 0 Å². The lowest BCUT2D eigenvalue weighted by Crippen LogP contribution is -2.70. The smallest absolute Gasteiger partial charge is 0.352 e. The van der Waals surface area contributed by atoms with E-state index in [-0.39, 0.29) is 5.70 Å². The van der Waals surface area contributed by atoms with Crippen molar-refractivity contribution in [2.75, 3.05) is 5.75 Å². The first-order valence-electron chi connectivity index (χ1n) is 9.29. The number of β-lactam (4-membered cyclic amide) rings is 1. The van der Waals surface area contributed by atoms with Gasteiger partial charge in [0.15, 0.2) is 6.10 Å². The molecule has 0 aliphatic carbocycles. The SMILES string of the molecule is O=C(O)C1=C(Cc2cccnc2)CS[C@@H]2[C@H](NC(=O)[C@H](O)c3ccccc3)C(=O)N12. The zero-order valence-corrected chi connectivity index (χ0v) is 16.6. The molecule has 0 saturated carbocycles. The van der Waals surface area contributed by atoms with Gasteiger partial charge in [-0.3, -0.25) is 19.5 Å². The Hall–Kier alpha value is -3.17. The maximum atomic E-state index is 12.7. The Morgan fingerprint density at radius 3 is 2.67 bits per heavy atom. The topological polar surface area (TPSA) is 120 Å². The third-order valence-corrected chi connectivity index (χ3v) is 6.39. The molecule has 2 amide bonds. The van der Waals surface area contributed by atoms with E-state index in [0.29, 0.717) is 23.3 Å². The highest BCUT2D eigenvalue weighted by Crippen LogP contribution is 2.41. The van der Waals surface area contributed by atoms with Crippen LogP contribution < -0.4 is 5.32 Å². The summed E-state index contributed by atoms with van der Waals surface area (Å²) < 4.78 is 0. The molecular formula is C21H19N3O5S. The minimum Gasteiger partial charge on any atom is -0.477 e. The number of aliphatic hydroxyl groups is 1. The second-order valence-electron chi connectivity index (χ2n) is 7.00. The van der Waals surface area contributed by atoms with Gasteiger partial charge in [0.25, 0.3) is 11.8 Å². The van der Waals surface area contributed by atoms with E-state index in [2.05, 4.69) is 10.3 Å². The highest BCUT2D eigenvalue weighted by Gasteiger charge is 2.54. The van der Waals surface area contributed by atoms with Crippen LogP contribution >= 0.6 is 11.8 Å². The van der Waals surface area contributed by atoms with Crippen molar-refractivity contribution in [3.8, 4) is 0 Å². The standard InChI is InChI=1S/C21H19N3O5S/c25-17(13-6-2-1-3-7-13)18(26)23-15-19(27)24-16(21(28)29)14(11-30-20(15)24)9-12-5-4-8-22-10-12/h1-8,10,15,17,20,25H,9,11H2,(H,23,26)(H,28,29)/t15-,17-,20-/m1/s1. The van der Waals surface area contributed by atoms with Crippen molar-refractivity contribution in [2.45, 2.75) is 23.9 Å². The van der Waals surface area contributed by atoms with Gasteiger partial charge < -0.3 is 15.5 Å². The molecule has 0 spiro atoms. The van der Waals surface area contributed by atoms with Crippen LogP contribution in [0.15, 0.2) is 66.1 Å². The summed E-state index contributed by atoms with van der Waals surface area (Å²) in [4.78, 5) is 42.3. The first-order valence-corrected chi connectivity index (χ1v) is 10.3. The fourth-order valence-electron chi connectivity index (χ4n) is 3.59. The minimum absolute atomic E-state index is 0.0401. The van der Waals surface area contributed by atoms with Crippen molar-refractivity contribution in [3.63, 3.8) is 0 Å². The first-order chi connectivity index (χ1) is 14.5. The van der Waals surface area contributed by atoms with Crippen LogP contribution in [-0.4, -0.2) is 55.0 Å². The number of hydrogen-bond acceptors (Lipinski definition) is 6. The molecule has 2 aliphatic rings. The van der Waals surface area contributed by atoms with Gasteiger partial charge in [-0.25, -0.2) is 4.79 Å². The third-order valence-electron chi connectivity index (χ3n) is 5.05. The molecule has 3 heterocycles. The molecule has 2 aromatic rings. The van der Waals surface area contributed by atoms with Gasteiger partial charge in [-0.2, -0.15) is 0 Å². The van der Waals surface area contributed by atoms with Crippen LogP contribution in [0.1, 0.15) is 17.2 Å². The monoisotopic (exact) mass is 425 g/mol. The molecule has 2 aliphatic heterocycles. The van der Waals surface area contributed by atoms with Gasteiger partial charge in [0.1, 0.15) is 17.1 Å². The van der Waals surface area contributed by atoms with Crippen molar-refractivity contribution in [1.29, 1.82) is 0 Å². The van der Waals surface area contributed by atoms with Gasteiger partial charge in [-0.1, -0.05) is 36.4 Å². The Balaban J connectivity index is 1.50. The Kier molecular flexibility index (Phi) is 5.56. The Bertz CT molecular complexity index is 1010. The average molecular weight is 425 g/mol. The number of thioether (sulfide) groups is 1. The number of carboxylic acids is 1. The zero-order valence-electron chi connectivity index (χ0n) is 15.8. The molecule has 9 heteroatoms. The Morgan fingerprint density at radius 2 is 2.00 bits per heavy atom. The molecule has 4 rings (SSSR count). The second kappa shape index (κ2) is 8.29. The van der Waals surface area contributed by atoms with Crippen LogP contribution in [0.5, 0.6) is 0 Å². The summed E-state index contributed by atoms with van der Waals surface area (Å²) in [6.07, 6.45) is 2.27. The van der Waals surface area contributed by atoms with E-state index in [4.69, 9.17) is 0 Å². The van der Waals surface area contributed by atoms with E-state index in [1.54, 1.807) is 48.8 Å². The van der Waals surface area contributed by atoms with E-state index < -0.39 is 35.3 Å². The number of amides is 2. The van der Waals surface area contributed by atoms with Crippen LogP contribution in [0, 0.1) is 0 Å². The number of carbonyl (C=O) groups is 3. The largest absolute Gasteiger partial charge is 0.477 e. The lowest BCUT2D eigenvalue weighted by atomic mass is 9.99. The van der Waals surface area contributed by atoms with Crippen molar-refractivity contribution < 1.29 is 24.6 Å². The quantitative estimate of drug-likeness (QED) is 0.593. The van der Waals surface area contributed by atoms with E-state index in [9.17, 15) is 24.6 Å². The highest BCUT2D eigenvalue weighted by molar-refractivity contribution is 8.00. The number of nitrogens with one attached hydrogen (secondary N) is 1. The summed E-state index contributed by atoms with van der Waals surface area (Å²) >= 11 is 1.39. The van der Waals surface area contributed by atoms with Gasteiger partial charge in [-0.05, 0) is 29.2 Å². The number of aliphatic hydroxyl groups excluding tert-OH is 1. The van der Waals surface area contributed by atoms with Crippen LogP contribution in [0.3, 0.4) is 0 Å². The number of hydrogen-bond donors (Lipinski definition) is 3. The molecule has 1 aromatic carbocycles. The molecule has 154 valence electrons. The van der Waals surface area contributed by atoms with Crippen LogP contribution in [0.4, 0.5) is 0 Å². The van der Waals surface area contributed by atoms with Crippen molar-refractivity contribution >= 4 is 29.5 Å². The van der Waals surface area contributed by atoms with Gasteiger partial charge in [0.05, 0.1) is 0 Å². The predicted molar refractivity (Wildman–Crippen MR) is 109 cm³/mol. The molecule has 0 bridgehead atoms. The number of pyridine rings is 1. The lowest BCUT2D eigenvalue weighted by Gasteiger charge is -2.49. The number of carbonyl (C=O) groups excluding carboxylic acids is 2. The third kappa shape index (κ3) is 3.69. The molecule has 1 fully saturated rings. The first kappa shape index (κ1) is 20.1. The summed E-state index contributed by atoms with van der Waals surface area (Å²) in [6, 6.07) is 11.1. The summed E-state index contributed by atoms with van der Waals surface area (Å²) in [7, 11) is 0. The van der Waals surface area contributed by atoms with Gasteiger partial charge in [-0.15, -0.1) is 11.8 Å². The van der Waals surface area contributed by atoms with E-state index in [1.807, 2.05) is 6.07 Å². The summed E-state index contributed by atoms with van der Waals surface area (Å²) in [6.45, 7) is 0. The maximum Gasteiger partial charge on any atom is 0.352 e. The number of fused-ring (bicyclic) bond motifs is 1. The fourth-order valence-corrected chi connectivity index (χ4v) is 4.93. The molecule has 3 N–H and O–H groups in total. The predicted octanol–water partition coefficient (Wildman–Crippen LogP) is 1.10. The maximum absolute atomic E-state index is 12.7. The van der Waals surface area contributed by atoms with Crippen LogP contribution in [0.25, 0.3) is 0 Å². The number of aromatic nitrogens is 1. The van der Waals surface area contributed by atoms with Gasteiger partial charge in [0.2, 0.25) is 0 Å². The van der Waals surface area contributed by atoms with E-state index >= 15 is 0 Å². The number of rotatable bonds is 6. The fraction of sp³-hybridized carbons (Fsp3) is 0.238. The van der Waals surface area contributed by atoms with E-state index in [1.165, 1.54) is 16.7 Å². The minimum atomic E-state index is -1.41. The highest BCUT2D eigenvalue weighted by atomic mass is 32.2. The van der Waals surface area contributed by atoms with Crippen molar-refractivity contribution in [1.82, 2.24) is 15.2 Å².